The highest BCUT2D eigenvalue weighted by atomic mass is 19.4. The standard InChI is InChI=1S/C15H12F5N5O/c16-10-5-7(15(18,19)20)6-11(17)12(10)26-9-3-1-8(2-4-9)24-14(23)25-13(21)22/h1-6H,(H6,21,22,23,24,25). The van der Waals surface area contributed by atoms with E-state index in [2.05, 4.69) is 9.98 Å². The second-order valence-electron chi connectivity index (χ2n) is 4.87. The first-order valence-electron chi connectivity index (χ1n) is 6.84. The first-order valence-corrected chi connectivity index (χ1v) is 6.84. The number of hydrogen-bond acceptors (Lipinski definition) is 2. The molecular formula is C15H12F5N5O. The van der Waals surface area contributed by atoms with Gasteiger partial charge in [-0.3, -0.25) is 0 Å². The van der Waals surface area contributed by atoms with Gasteiger partial charge in [-0.2, -0.15) is 18.2 Å². The van der Waals surface area contributed by atoms with Gasteiger partial charge in [-0.1, -0.05) is 0 Å². The minimum atomic E-state index is -4.88. The lowest BCUT2D eigenvalue weighted by molar-refractivity contribution is -0.138. The van der Waals surface area contributed by atoms with Gasteiger partial charge in [0.15, 0.2) is 23.3 Å². The zero-order valence-corrected chi connectivity index (χ0v) is 12.9. The molecule has 0 bridgehead atoms. The number of nitrogens with zero attached hydrogens (tertiary/aromatic N) is 2. The Balaban J connectivity index is 2.23. The fraction of sp³-hybridized carbons (Fsp3) is 0.0667. The molecule has 0 fully saturated rings. The van der Waals surface area contributed by atoms with E-state index >= 15 is 0 Å². The minimum Gasteiger partial charge on any atom is -0.451 e. The number of benzene rings is 2. The van der Waals surface area contributed by atoms with E-state index in [-0.39, 0.29) is 29.8 Å². The van der Waals surface area contributed by atoms with Crippen molar-refractivity contribution in [1.82, 2.24) is 0 Å². The third kappa shape index (κ3) is 4.82. The molecule has 2 rings (SSSR count). The van der Waals surface area contributed by atoms with E-state index < -0.39 is 29.1 Å². The van der Waals surface area contributed by atoms with Crippen molar-refractivity contribution >= 4 is 17.6 Å². The molecule has 0 heterocycles. The van der Waals surface area contributed by atoms with E-state index in [4.69, 9.17) is 21.9 Å². The molecule has 2 aromatic carbocycles. The van der Waals surface area contributed by atoms with Crippen molar-refractivity contribution in [3.8, 4) is 11.5 Å². The summed E-state index contributed by atoms with van der Waals surface area (Å²) < 4.78 is 70.0. The number of halogens is 5. The van der Waals surface area contributed by atoms with Crippen LogP contribution in [0.4, 0.5) is 27.6 Å². The number of alkyl halides is 3. The zero-order chi connectivity index (χ0) is 19.5. The quantitative estimate of drug-likeness (QED) is 0.436. The molecule has 0 aliphatic heterocycles. The van der Waals surface area contributed by atoms with Crippen molar-refractivity contribution in [2.24, 2.45) is 27.2 Å². The molecule has 2 aromatic rings. The molecule has 0 atom stereocenters. The van der Waals surface area contributed by atoms with Gasteiger partial charge >= 0.3 is 6.18 Å². The van der Waals surface area contributed by atoms with E-state index in [1.54, 1.807) is 0 Å². The molecule has 6 nitrogen and oxygen atoms in total. The Kier molecular flexibility index (Phi) is 5.29. The molecule has 6 N–H and O–H groups in total. The molecule has 26 heavy (non-hydrogen) atoms. The monoisotopic (exact) mass is 373 g/mol. The van der Waals surface area contributed by atoms with Gasteiger partial charge in [0.2, 0.25) is 5.96 Å². The van der Waals surface area contributed by atoms with E-state index in [0.717, 1.165) is 0 Å². The Morgan fingerprint density at radius 1 is 0.923 bits per heavy atom. The lowest BCUT2D eigenvalue weighted by Crippen LogP contribution is -2.26. The number of ether oxygens (including phenoxy) is 1. The topological polar surface area (TPSA) is 112 Å². The average Bonchev–Trinajstić information content (AvgIpc) is 2.50. The molecule has 0 spiro atoms. The molecule has 0 unspecified atom stereocenters. The maximum absolute atomic E-state index is 13.8. The molecule has 138 valence electrons. The first kappa shape index (κ1) is 19.0. The van der Waals surface area contributed by atoms with Crippen molar-refractivity contribution in [2.75, 3.05) is 0 Å². The summed E-state index contributed by atoms with van der Waals surface area (Å²) in [6, 6.07) is 5.57. The third-order valence-corrected chi connectivity index (χ3v) is 2.87. The van der Waals surface area contributed by atoms with Crippen molar-refractivity contribution in [3.05, 3.63) is 53.6 Å². The summed E-state index contributed by atoms with van der Waals surface area (Å²) in [4.78, 5) is 7.33. The van der Waals surface area contributed by atoms with Gasteiger partial charge in [-0.15, -0.1) is 0 Å². The number of hydrogen-bond donors (Lipinski definition) is 3. The third-order valence-electron chi connectivity index (χ3n) is 2.87. The van der Waals surface area contributed by atoms with Crippen molar-refractivity contribution in [2.45, 2.75) is 6.18 Å². The second kappa shape index (κ2) is 7.25. The first-order chi connectivity index (χ1) is 12.1. The summed E-state index contributed by atoms with van der Waals surface area (Å²) in [5.41, 5.74) is 14.5. The molecule has 0 aliphatic rings. The van der Waals surface area contributed by atoms with E-state index in [1.807, 2.05) is 0 Å². The van der Waals surface area contributed by atoms with Crippen LogP contribution in [0.15, 0.2) is 46.4 Å². The van der Waals surface area contributed by atoms with E-state index in [1.165, 1.54) is 24.3 Å². The number of aliphatic imine (C=N–C) groups is 2. The molecule has 11 heteroatoms. The van der Waals surface area contributed by atoms with Crippen LogP contribution in [0, 0.1) is 11.6 Å². The fourth-order valence-corrected chi connectivity index (χ4v) is 1.82. The van der Waals surface area contributed by atoms with Gasteiger partial charge in [0.25, 0.3) is 0 Å². The maximum Gasteiger partial charge on any atom is 0.416 e. The lowest BCUT2D eigenvalue weighted by Gasteiger charge is -2.11. The molecule has 0 aliphatic carbocycles. The Hall–Kier alpha value is -3.37. The van der Waals surface area contributed by atoms with E-state index in [0.29, 0.717) is 5.69 Å². The Bertz CT molecular complexity index is 835. The highest BCUT2D eigenvalue weighted by Crippen LogP contribution is 2.35. The minimum absolute atomic E-state index is 0.0399. The Labute approximate surface area is 143 Å². The normalized spacial score (nSPS) is 12.0. The Morgan fingerprint density at radius 3 is 1.92 bits per heavy atom. The van der Waals surface area contributed by atoms with Gasteiger partial charge in [0, 0.05) is 0 Å². The smallest absolute Gasteiger partial charge is 0.416 e. The van der Waals surface area contributed by atoms with Gasteiger partial charge < -0.3 is 21.9 Å². The fourth-order valence-electron chi connectivity index (χ4n) is 1.82. The summed E-state index contributed by atoms with van der Waals surface area (Å²) in [6.45, 7) is 0. The molecular weight excluding hydrogens is 361 g/mol. The van der Waals surface area contributed by atoms with Crippen LogP contribution in [0.2, 0.25) is 0 Å². The van der Waals surface area contributed by atoms with Crippen molar-refractivity contribution < 1.29 is 26.7 Å². The second-order valence-corrected chi connectivity index (χ2v) is 4.87. The lowest BCUT2D eigenvalue weighted by atomic mass is 10.2. The predicted octanol–water partition coefficient (Wildman–Crippen LogP) is 3.00. The largest absolute Gasteiger partial charge is 0.451 e. The number of rotatable bonds is 3. The SMILES string of the molecule is NC(N)=NC(N)=Nc1ccc(Oc2c(F)cc(C(F)(F)F)cc2F)cc1. The maximum atomic E-state index is 13.8. The van der Waals surface area contributed by atoms with Gasteiger partial charge in [-0.25, -0.2) is 13.8 Å². The summed E-state index contributed by atoms with van der Waals surface area (Å²) in [5.74, 6) is -4.50. The average molecular weight is 373 g/mol. The van der Waals surface area contributed by atoms with Crippen LogP contribution >= 0.6 is 0 Å². The van der Waals surface area contributed by atoms with Crippen LogP contribution in [0.3, 0.4) is 0 Å². The van der Waals surface area contributed by atoms with Crippen LogP contribution in [-0.2, 0) is 6.18 Å². The molecule has 0 saturated heterocycles. The molecule has 0 saturated carbocycles. The van der Waals surface area contributed by atoms with Crippen LogP contribution in [-0.4, -0.2) is 11.9 Å². The number of nitrogens with two attached hydrogens (primary N) is 3. The molecule has 0 radical (unpaired) electrons. The predicted molar refractivity (Wildman–Crippen MR) is 85.0 cm³/mol. The summed E-state index contributed by atoms with van der Waals surface area (Å²) in [6.07, 6.45) is -4.88. The van der Waals surface area contributed by atoms with Gasteiger partial charge in [0.05, 0.1) is 11.3 Å². The number of guanidine groups is 2. The van der Waals surface area contributed by atoms with Crippen LogP contribution in [0.25, 0.3) is 0 Å². The summed E-state index contributed by atoms with van der Waals surface area (Å²) >= 11 is 0. The van der Waals surface area contributed by atoms with Crippen LogP contribution < -0.4 is 21.9 Å². The van der Waals surface area contributed by atoms with Gasteiger partial charge in [-0.05, 0) is 36.4 Å². The van der Waals surface area contributed by atoms with Crippen LogP contribution in [0.1, 0.15) is 5.56 Å². The summed E-state index contributed by atoms with van der Waals surface area (Å²) in [5, 5.41) is 0. The summed E-state index contributed by atoms with van der Waals surface area (Å²) in [7, 11) is 0. The van der Waals surface area contributed by atoms with Gasteiger partial charge in [0.1, 0.15) is 5.75 Å². The van der Waals surface area contributed by atoms with E-state index in [9.17, 15) is 22.0 Å². The highest BCUT2D eigenvalue weighted by Gasteiger charge is 2.33. The van der Waals surface area contributed by atoms with Crippen molar-refractivity contribution in [1.29, 1.82) is 0 Å². The van der Waals surface area contributed by atoms with Crippen LogP contribution in [0.5, 0.6) is 11.5 Å². The highest BCUT2D eigenvalue weighted by molar-refractivity contribution is 5.93. The molecule has 0 amide bonds. The zero-order valence-electron chi connectivity index (χ0n) is 12.9. The molecule has 0 aromatic heterocycles. The van der Waals surface area contributed by atoms with Crippen molar-refractivity contribution in [3.63, 3.8) is 0 Å². The Morgan fingerprint density at radius 2 is 1.46 bits per heavy atom.